The van der Waals surface area contributed by atoms with Crippen molar-refractivity contribution in [1.82, 2.24) is 4.98 Å². The molecule has 0 saturated carbocycles. The van der Waals surface area contributed by atoms with E-state index in [1.807, 2.05) is 0 Å². The number of H-pyrrole nitrogens is 1. The zero-order chi connectivity index (χ0) is 18.1. The van der Waals surface area contributed by atoms with Gasteiger partial charge in [0, 0.05) is 11.1 Å². The Kier molecular flexibility index (Phi) is 4.15. The van der Waals surface area contributed by atoms with Crippen LogP contribution < -0.4 is 26.5 Å². The molecule has 0 aliphatic carbocycles. The van der Waals surface area contributed by atoms with Crippen LogP contribution in [0.3, 0.4) is 0 Å². The lowest BCUT2D eigenvalue weighted by Crippen LogP contribution is -2.29. The number of aromatic nitrogens is 1. The van der Waals surface area contributed by atoms with Gasteiger partial charge in [-0.2, -0.15) is 0 Å². The van der Waals surface area contributed by atoms with Gasteiger partial charge in [-0.05, 0) is 30.3 Å². The first-order valence-corrected chi connectivity index (χ1v) is 7.84. The Hall–Kier alpha value is -3.33. The third kappa shape index (κ3) is 3.04. The number of ether oxygens (including phenoxy) is 1. The Labute approximate surface area is 144 Å². The summed E-state index contributed by atoms with van der Waals surface area (Å²) in [7, 11) is 1.53. The molecule has 2 aromatic heterocycles. The number of carbonyl (C=O) groups excluding carboxylic acids is 2. The van der Waals surface area contributed by atoms with Gasteiger partial charge in [-0.1, -0.05) is 0 Å². The maximum absolute atomic E-state index is 12.4. The summed E-state index contributed by atoms with van der Waals surface area (Å²) in [6, 6.07) is 7.81. The molecule has 0 saturated heterocycles. The average Bonchev–Trinajstić information content (AvgIpc) is 2.90. The van der Waals surface area contributed by atoms with E-state index in [4.69, 9.17) is 10.5 Å². The number of carbonyl (C=O) groups is 2. The summed E-state index contributed by atoms with van der Waals surface area (Å²) in [5, 5.41) is 13.9. The fourth-order valence-corrected chi connectivity index (χ4v) is 3.25. The van der Waals surface area contributed by atoms with Crippen molar-refractivity contribution in [2.45, 2.75) is 0 Å². The van der Waals surface area contributed by atoms with E-state index in [9.17, 15) is 19.5 Å². The minimum atomic E-state index is -1.61. The predicted molar refractivity (Wildman–Crippen MR) is 92.1 cm³/mol. The molecule has 3 rings (SSSR count). The van der Waals surface area contributed by atoms with Crippen LogP contribution in [0, 0.1) is 0 Å². The summed E-state index contributed by atoms with van der Waals surface area (Å²) in [5.41, 5.74) is 5.22. The first-order valence-electron chi connectivity index (χ1n) is 7.02. The Morgan fingerprint density at radius 1 is 1.28 bits per heavy atom. The number of carboxylic acids is 1. The zero-order valence-corrected chi connectivity index (χ0v) is 13.7. The molecule has 0 aliphatic heterocycles. The number of nitrogens with two attached hydrogens (primary N) is 1. The van der Waals surface area contributed by atoms with Crippen LogP contribution in [-0.4, -0.2) is 24.0 Å². The number of methoxy groups -OCH3 is 1. The quantitative estimate of drug-likeness (QED) is 0.631. The number of carboxylic acid groups (broad SMARTS) is 1. The van der Waals surface area contributed by atoms with Crippen LogP contribution >= 0.6 is 11.3 Å². The van der Waals surface area contributed by atoms with Gasteiger partial charge in [-0.15, -0.1) is 11.3 Å². The van der Waals surface area contributed by atoms with Crippen LogP contribution in [0.15, 0.2) is 35.1 Å². The minimum absolute atomic E-state index is 0.0877. The summed E-state index contributed by atoms with van der Waals surface area (Å²) >= 11 is 0.963. The molecular formula is C16H12N3O5S-. The number of pyridine rings is 1. The van der Waals surface area contributed by atoms with Gasteiger partial charge in [0.05, 0.1) is 24.3 Å². The lowest BCUT2D eigenvalue weighted by atomic mass is 10.2. The van der Waals surface area contributed by atoms with Crippen molar-refractivity contribution in [2.75, 3.05) is 18.2 Å². The summed E-state index contributed by atoms with van der Waals surface area (Å²) in [4.78, 5) is 38.0. The number of amides is 1. The van der Waals surface area contributed by atoms with E-state index in [0.29, 0.717) is 16.3 Å². The second kappa shape index (κ2) is 6.29. The predicted octanol–water partition coefficient (Wildman–Crippen LogP) is 0.796. The molecule has 8 nitrogen and oxygen atoms in total. The number of anilines is 2. The molecule has 0 fully saturated rings. The zero-order valence-electron chi connectivity index (χ0n) is 12.9. The van der Waals surface area contributed by atoms with Gasteiger partial charge in [0.1, 0.15) is 15.5 Å². The number of nitrogen functional groups attached to an aromatic ring is 1. The number of nitrogens with one attached hydrogen (secondary N) is 2. The van der Waals surface area contributed by atoms with Gasteiger partial charge in [-0.3, -0.25) is 9.59 Å². The fourth-order valence-electron chi connectivity index (χ4n) is 2.26. The lowest BCUT2D eigenvalue weighted by Gasteiger charge is -2.05. The van der Waals surface area contributed by atoms with Crippen molar-refractivity contribution in [2.24, 2.45) is 0 Å². The molecule has 0 unspecified atom stereocenters. The van der Waals surface area contributed by atoms with E-state index < -0.39 is 23.0 Å². The van der Waals surface area contributed by atoms with Crippen molar-refractivity contribution in [1.29, 1.82) is 0 Å². The number of rotatable bonds is 4. The molecule has 128 valence electrons. The van der Waals surface area contributed by atoms with Crippen LogP contribution in [0.25, 0.3) is 10.2 Å². The molecule has 4 N–H and O–H groups in total. The van der Waals surface area contributed by atoms with Crippen LogP contribution in [0.4, 0.5) is 11.4 Å². The first kappa shape index (κ1) is 16.5. The molecule has 9 heteroatoms. The highest BCUT2D eigenvalue weighted by Gasteiger charge is 2.18. The van der Waals surface area contributed by atoms with Crippen molar-refractivity contribution in [3.8, 4) is 5.75 Å². The molecule has 3 aromatic rings. The largest absolute Gasteiger partial charge is 0.545 e. The Morgan fingerprint density at radius 3 is 2.56 bits per heavy atom. The first-order chi connectivity index (χ1) is 11.9. The Bertz CT molecular complexity index is 1040. The maximum Gasteiger partial charge on any atom is 0.267 e. The van der Waals surface area contributed by atoms with Crippen LogP contribution in [0.1, 0.15) is 20.0 Å². The molecule has 0 aliphatic rings. The molecular weight excluding hydrogens is 346 g/mol. The topological polar surface area (TPSA) is 137 Å². The highest BCUT2D eigenvalue weighted by atomic mass is 32.1. The molecule has 0 atom stereocenters. The van der Waals surface area contributed by atoms with Gasteiger partial charge in [0.2, 0.25) is 0 Å². The van der Waals surface area contributed by atoms with E-state index in [0.717, 1.165) is 17.4 Å². The van der Waals surface area contributed by atoms with Gasteiger partial charge in [0.15, 0.2) is 0 Å². The fraction of sp³-hybridized carbons (Fsp3) is 0.0625. The standard InChI is InChI=1S/C16H13N3O5S/c1-24-8-4-2-7(3-5-8)18-14(21)12-11(17)9-6-10(16(22)23)13(20)19-15(9)25-12/h2-6H,17H2,1H3,(H,18,21)(H,19,20)(H,22,23)/p-1. The average molecular weight is 358 g/mol. The third-order valence-electron chi connectivity index (χ3n) is 3.52. The maximum atomic E-state index is 12.4. The minimum Gasteiger partial charge on any atom is -0.545 e. The van der Waals surface area contributed by atoms with E-state index in [-0.39, 0.29) is 16.0 Å². The van der Waals surface area contributed by atoms with Gasteiger partial charge < -0.3 is 30.7 Å². The summed E-state index contributed by atoms with van der Waals surface area (Å²) in [5.74, 6) is -1.44. The third-order valence-corrected chi connectivity index (χ3v) is 4.65. The number of aromatic amines is 1. The summed E-state index contributed by atoms with van der Waals surface area (Å²) in [6.45, 7) is 0. The molecule has 25 heavy (non-hydrogen) atoms. The molecule has 1 amide bonds. The second-order valence-corrected chi connectivity index (χ2v) is 6.09. The normalized spacial score (nSPS) is 10.6. The second-order valence-electron chi connectivity index (χ2n) is 5.07. The highest BCUT2D eigenvalue weighted by molar-refractivity contribution is 7.21. The molecule has 0 radical (unpaired) electrons. The van der Waals surface area contributed by atoms with Crippen molar-refractivity contribution >= 4 is 44.8 Å². The lowest BCUT2D eigenvalue weighted by molar-refractivity contribution is -0.255. The molecule has 0 bridgehead atoms. The van der Waals surface area contributed by atoms with Crippen LogP contribution in [0.5, 0.6) is 5.75 Å². The SMILES string of the molecule is COc1ccc(NC(=O)c2sc3[nH]c(=O)c(C(=O)[O-])cc3c2N)cc1. The number of aromatic carboxylic acids is 1. The number of fused-ring (bicyclic) bond motifs is 1. The number of hydrogen-bond acceptors (Lipinski definition) is 7. The van der Waals surface area contributed by atoms with Gasteiger partial charge >= 0.3 is 0 Å². The molecule has 2 heterocycles. The Balaban J connectivity index is 1.97. The van der Waals surface area contributed by atoms with Crippen LogP contribution in [0.2, 0.25) is 0 Å². The van der Waals surface area contributed by atoms with E-state index in [1.54, 1.807) is 24.3 Å². The van der Waals surface area contributed by atoms with Gasteiger partial charge in [0.25, 0.3) is 11.5 Å². The van der Waals surface area contributed by atoms with Crippen molar-refractivity contribution in [3.05, 3.63) is 51.1 Å². The summed E-state index contributed by atoms with van der Waals surface area (Å²) < 4.78 is 5.04. The van der Waals surface area contributed by atoms with E-state index in [1.165, 1.54) is 7.11 Å². The smallest absolute Gasteiger partial charge is 0.267 e. The van der Waals surface area contributed by atoms with E-state index in [2.05, 4.69) is 10.3 Å². The molecule has 0 spiro atoms. The Morgan fingerprint density at radius 2 is 1.96 bits per heavy atom. The highest BCUT2D eigenvalue weighted by Crippen LogP contribution is 2.32. The van der Waals surface area contributed by atoms with Gasteiger partial charge in [-0.25, -0.2) is 0 Å². The van der Waals surface area contributed by atoms with Crippen molar-refractivity contribution in [3.63, 3.8) is 0 Å². The number of hydrogen-bond donors (Lipinski definition) is 3. The van der Waals surface area contributed by atoms with Crippen LogP contribution in [-0.2, 0) is 0 Å². The number of benzene rings is 1. The number of thiophene rings is 1. The summed E-state index contributed by atoms with van der Waals surface area (Å²) in [6.07, 6.45) is 0. The monoisotopic (exact) mass is 358 g/mol. The van der Waals surface area contributed by atoms with Crippen molar-refractivity contribution < 1.29 is 19.4 Å². The molecule has 1 aromatic carbocycles. The van der Waals surface area contributed by atoms with E-state index >= 15 is 0 Å².